The van der Waals surface area contributed by atoms with Crippen molar-refractivity contribution in [2.45, 2.75) is 19.1 Å². The molecule has 0 bridgehead atoms. The number of ether oxygens (including phenoxy) is 2. The Hall–Kier alpha value is -2.87. The molecule has 0 amide bonds. The summed E-state index contributed by atoms with van der Waals surface area (Å²) in [7, 11) is 1.81. The van der Waals surface area contributed by atoms with E-state index in [0.717, 1.165) is 63.2 Å². The maximum Gasteiger partial charge on any atom is 0.213 e. The number of likely N-dealkylation sites (tertiary alicyclic amines) is 1. The van der Waals surface area contributed by atoms with Gasteiger partial charge < -0.3 is 24.6 Å². The number of hydrogen-bond acceptors (Lipinski definition) is 6. The topological polar surface area (TPSA) is 75.1 Å². The molecule has 1 atom stereocenters. The molecule has 8 heteroatoms. The van der Waals surface area contributed by atoms with Crippen LogP contribution in [0.25, 0.3) is 0 Å². The van der Waals surface area contributed by atoms with Crippen molar-refractivity contribution in [3.63, 3.8) is 0 Å². The van der Waals surface area contributed by atoms with E-state index in [1.54, 1.807) is 6.20 Å². The van der Waals surface area contributed by atoms with E-state index in [1.165, 1.54) is 0 Å². The first-order valence-corrected chi connectivity index (χ1v) is 10.1. The number of nitrogens with one attached hydrogen (secondary N) is 1. The molecule has 1 N–H and O–H groups in total. The first kappa shape index (κ1) is 19.4. The molecule has 0 aliphatic carbocycles. The lowest BCUT2D eigenvalue weighted by Crippen LogP contribution is -2.40. The number of aromatic nitrogens is 2. The van der Waals surface area contributed by atoms with Gasteiger partial charge in [0.25, 0.3) is 0 Å². The van der Waals surface area contributed by atoms with E-state index in [2.05, 4.69) is 42.2 Å². The lowest BCUT2D eigenvalue weighted by Gasteiger charge is -2.27. The first-order valence-electron chi connectivity index (χ1n) is 10.1. The molecule has 2 aliphatic rings. The van der Waals surface area contributed by atoms with Crippen LogP contribution in [0.1, 0.15) is 12.0 Å². The van der Waals surface area contributed by atoms with Crippen molar-refractivity contribution in [3.8, 4) is 5.88 Å². The average molecular weight is 396 g/mol. The fraction of sp³-hybridized carbons (Fsp3) is 0.476. The second kappa shape index (κ2) is 9.56. The van der Waals surface area contributed by atoms with Crippen LogP contribution in [0.5, 0.6) is 5.88 Å². The van der Waals surface area contributed by atoms with Crippen LogP contribution in [0.4, 0.5) is 5.82 Å². The molecule has 2 aliphatic heterocycles. The van der Waals surface area contributed by atoms with Crippen LogP contribution in [0.2, 0.25) is 0 Å². The monoisotopic (exact) mass is 396 g/mol. The van der Waals surface area contributed by atoms with Crippen molar-refractivity contribution in [2.24, 2.45) is 4.99 Å². The van der Waals surface area contributed by atoms with Crippen LogP contribution in [-0.2, 0) is 11.3 Å². The van der Waals surface area contributed by atoms with Gasteiger partial charge in [0.1, 0.15) is 11.9 Å². The smallest absolute Gasteiger partial charge is 0.213 e. The fourth-order valence-corrected chi connectivity index (χ4v) is 3.62. The minimum Gasteiger partial charge on any atom is -0.472 e. The molecule has 0 aromatic carbocycles. The van der Waals surface area contributed by atoms with E-state index in [4.69, 9.17) is 9.47 Å². The fourth-order valence-electron chi connectivity index (χ4n) is 3.62. The quantitative estimate of drug-likeness (QED) is 0.607. The standard InChI is InChI=1S/C21H28N6O2/c1-22-21(27-9-7-18(16-27)29-20-4-2-3-8-23-20)25-15-17-5-6-19(24-14-17)26-10-12-28-13-11-26/h2-6,8,14,18H,7,9-13,15-16H2,1H3,(H,22,25). The van der Waals surface area contributed by atoms with Gasteiger partial charge in [0, 0.05) is 58.1 Å². The van der Waals surface area contributed by atoms with Crippen LogP contribution >= 0.6 is 0 Å². The van der Waals surface area contributed by atoms with Crippen molar-refractivity contribution in [3.05, 3.63) is 48.3 Å². The molecule has 0 spiro atoms. The molecule has 2 saturated heterocycles. The molecule has 29 heavy (non-hydrogen) atoms. The molecule has 0 radical (unpaired) electrons. The lowest BCUT2D eigenvalue weighted by molar-refractivity contribution is 0.122. The third-order valence-corrected chi connectivity index (χ3v) is 5.18. The zero-order chi connectivity index (χ0) is 19.9. The highest BCUT2D eigenvalue weighted by Gasteiger charge is 2.26. The van der Waals surface area contributed by atoms with Gasteiger partial charge in [-0.1, -0.05) is 12.1 Å². The number of pyridine rings is 2. The molecule has 2 aromatic heterocycles. The maximum absolute atomic E-state index is 5.97. The molecule has 4 heterocycles. The summed E-state index contributed by atoms with van der Waals surface area (Å²) in [4.78, 5) is 17.8. The second-order valence-corrected chi connectivity index (χ2v) is 7.17. The summed E-state index contributed by atoms with van der Waals surface area (Å²) in [5, 5.41) is 3.44. The predicted octanol–water partition coefficient (Wildman–Crippen LogP) is 1.54. The van der Waals surface area contributed by atoms with E-state index >= 15 is 0 Å². The van der Waals surface area contributed by atoms with Crippen molar-refractivity contribution < 1.29 is 9.47 Å². The first-order chi connectivity index (χ1) is 14.3. The minimum atomic E-state index is 0.123. The second-order valence-electron chi connectivity index (χ2n) is 7.17. The highest BCUT2D eigenvalue weighted by molar-refractivity contribution is 5.80. The van der Waals surface area contributed by atoms with Crippen molar-refractivity contribution in [2.75, 3.05) is 51.3 Å². The number of morpholine rings is 1. The Bertz CT molecular complexity index is 793. The van der Waals surface area contributed by atoms with Crippen LogP contribution < -0.4 is 15.0 Å². The van der Waals surface area contributed by atoms with Crippen LogP contribution in [0.15, 0.2) is 47.7 Å². The molecule has 2 fully saturated rings. The molecule has 154 valence electrons. The van der Waals surface area contributed by atoms with Gasteiger partial charge >= 0.3 is 0 Å². The number of aliphatic imine (C=N–C) groups is 1. The van der Waals surface area contributed by atoms with Gasteiger partial charge in [-0.15, -0.1) is 0 Å². The molecule has 8 nitrogen and oxygen atoms in total. The summed E-state index contributed by atoms with van der Waals surface area (Å²) < 4.78 is 11.4. The Morgan fingerprint density at radius 1 is 1.21 bits per heavy atom. The summed E-state index contributed by atoms with van der Waals surface area (Å²) in [5.41, 5.74) is 1.13. The summed E-state index contributed by atoms with van der Waals surface area (Å²) in [6, 6.07) is 9.92. The van der Waals surface area contributed by atoms with Crippen molar-refractivity contribution >= 4 is 11.8 Å². The Balaban J connectivity index is 1.27. The lowest BCUT2D eigenvalue weighted by atomic mass is 10.2. The van der Waals surface area contributed by atoms with Crippen LogP contribution in [0, 0.1) is 0 Å². The number of rotatable bonds is 5. The summed E-state index contributed by atoms with van der Waals surface area (Å²) >= 11 is 0. The predicted molar refractivity (Wildman–Crippen MR) is 112 cm³/mol. The third-order valence-electron chi connectivity index (χ3n) is 5.18. The number of nitrogens with zero attached hydrogens (tertiary/aromatic N) is 5. The zero-order valence-corrected chi connectivity index (χ0v) is 16.8. The Labute approximate surface area is 171 Å². The number of anilines is 1. The highest BCUT2D eigenvalue weighted by atomic mass is 16.5. The zero-order valence-electron chi connectivity index (χ0n) is 16.8. The number of guanidine groups is 1. The molecule has 4 rings (SSSR count). The summed E-state index contributed by atoms with van der Waals surface area (Å²) in [6.07, 6.45) is 4.76. The van der Waals surface area contributed by atoms with Gasteiger partial charge in [-0.25, -0.2) is 9.97 Å². The van der Waals surface area contributed by atoms with Gasteiger partial charge in [-0.2, -0.15) is 0 Å². The average Bonchev–Trinajstić information content (AvgIpc) is 3.24. The summed E-state index contributed by atoms with van der Waals surface area (Å²) in [6.45, 7) is 5.72. The van der Waals surface area contributed by atoms with Crippen LogP contribution in [0.3, 0.4) is 0 Å². The molecular weight excluding hydrogens is 368 g/mol. The largest absolute Gasteiger partial charge is 0.472 e. The van der Waals surface area contributed by atoms with Crippen LogP contribution in [-0.4, -0.2) is 73.4 Å². The Morgan fingerprint density at radius 3 is 2.83 bits per heavy atom. The van der Waals surface area contributed by atoms with E-state index in [1.807, 2.05) is 31.4 Å². The molecule has 2 aromatic rings. The summed E-state index contributed by atoms with van der Waals surface area (Å²) in [5.74, 6) is 2.57. The van der Waals surface area contributed by atoms with E-state index in [0.29, 0.717) is 12.4 Å². The van der Waals surface area contributed by atoms with Gasteiger partial charge in [0.05, 0.1) is 19.8 Å². The molecule has 0 saturated carbocycles. The van der Waals surface area contributed by atoms with Gasteiger partial charge in [0.15, 0.2) is 5.96 Å². The van der Waals surface area contributed by atoms with E-state index in [9.17, 15) is 0 Å². The molecule has 1 unspecified atom stereocenters. The van der Waals surface area contributed by atoms with Crippen molar-refractivity contribution in [1.82, 2.24) is 20.2 Å². The van der Waals surface area contributed by atoms with Gasteiger partial charge in [0.2, 0.25) is 5.88 Å². The van der Waals surface area contributed by atoms with Crippen molar-refractivity contribution in [1.29, 1.82) is 0 Å². The highest BCUT2D eigenvalue weighted by Crippen LogP contribution is 2.17. The van der Waals surface area contributed by atoms with Gasteiger partial charge in [-0.05, 0) is 17.7 Å². The van der Waals surface area contributed by atoms with Gasteiger partial charge in [-0.3, -0.25) is 4.99 Å². The minimum absolute atomic E-state index is 0.123. The Morgan fingerprint density at radius 2 is 2.10 bits per heavy atom. The maximum atomic E-state index is 5.97. The normalized spacial score (nSPS) is 20.0. The van der Waals surface area contributed by atoms with E-state index in [-0.39, 0.29) is 6.10 Å². The third kappa shape index (κ3) is 5.14. The van der Waals surface area contributed by atoms with E-state index < -0.39 is 0 Å². The Kier molecular flexibility index (Phi) is 6.41. The SMILES string of the molecule is CN=C(NCc1ccc(N2CCOCC2)nc1)N1CCC(Oc2ccccn2)C1. The number of hydrogen-bond donors (Lipinski definition) is 1. The molecular formula is C21H28N6O2.